The molecule has 0 amide bonds. The van der Waals surface area contributed by atoms with Gasteiger partial charge in [0.2, 0.25) is 0 Å². The molecule has 1 aromatic rings. The van der Waals surface area contributed by atoms with E-state index in [9.17, 15) is 0 Å². The van der Waals surface area contributed by atoms with Crippen molar-refractivity contribution in [2.45, 2.75) is 32.4 Å². The van der Waals surface area contributed by atoms with Crippen molar-refractivity contribution in [2.24, 2.45) is 11.7 Å². The molecule has 5 heteroatoms. The third kappa shape index (κ3) is 3.44. The molecule has 2 unspecified atom stereocenters. The molecule has 3 rings (SSSR count). The number of likely N-dealkylation sites (tertiary alicyclic amines) is 1. The van der Waals surface area contributed by atoms with Gasteiger partial charge in [0.1, 0.15) is 0 Å². The topological polar surface area (TPSA) is 47.7 Å². The Morgan fingerprint density at radius 2 is 2.14 bits per heavy atom. The second-order valence-corrected chi connectivity index (χ2v) is 6.53. The van der Waals surface area contributed by atoms with Crippen LogP contribution in [0.3, 0.4) is 0 Å². The summed E-state index contributed by atoms with van der Waals surface area (Å²) < 4.78 is 11.4. The van der Waals surface area contributed by atoms with Crippen LogP contribution in [-0.2, 0) is 6.54 Å². The number of halogens is 1. The van der Waals surface area contributed by atoms with Gasteiger partial charge < -0.3 is 15.2 Å². The Balaban J connectivity index is 1.74. The van der Waals surface area contributed by atoms with E-state index in [0.717, 1.165) is 43.8 Å². The molecule has 116 valence electrons. The molecule has 0 bridgehead atoms. The highest BCUT2D eigenvalue weighted by atomic mass is 35.5. The van der Waals surface area contributed by atoms with Crippen LogP contribution < -0.4 is 15.2 Å². The molecule has 0 aliphatic carbocycles. The van der Waals surface area contributed by atoms with Crippen LogP contribution in [0.25, 0.3) is 0 Å². The largest absolute Gasteiger partial charge is 0.489 e. The molecule has 1 saturated heterocycles. The number of rotatable bonds is 2. The van der Waals surface area contributed by atoms with Crippen LogP contribution in [0.4, 0.5) is 0 Å². The SMILES string of the molecule is CC1CCN(Cc2cc(Cl)c3c(c2)OCCCO3)CC1N. The van der Waals surface area contributed by atoms with E-state index < -0.39 is 0 Å². The number of nitrogens with zero attached hydrogens (tertiary/aromatic N) is 1. The van der Waals surface area contributed by atoms with Crippen LogP contribution in [0.5, 0.6) is 11.5 Å². The smallest absolute Gasteiger partial charge is 0.179 e. The van der Waals surface area contributed by atoms with Gasteiger partial charge in [-0.25, -0.2) is 0 Å². The van der Waals surface area contributed by atoms with Crippen LogP contribution in [0, 0.1) is 5.92 Å². The zero-order chi connectivity index (χ0) is 14.8. The fourth-order valence-corrected chi connectivity index (χ4v) is 3.23. The molecule has 0 aromatic heterocycles. The Morgan fingerprint density at radius 3 is 2.95 bits per heavy atom. The summed E-state index contributed by atoms with van der Waals surface area (Å²) in [7, 11) is 0. The van der Waals surface area contributed by atoms with E-state index in [-0.39, 0.29) is 6.04 Å². The quantitative estimate of drug-likeness (QED) is 0.912. The first-order valence-electron chi connectivity index (χ1n) is 7.69. The van der Waals surface area contributed by atoms with Crippen LogP contribution in [0.15, 0.2) is 12.1 Å². The lowest BCUT2D eigenvalue weighted by Crippen LogP contribution is -2.47. The summed E-state index contributed by atoms with van der Waals surface area (Å²) >= 11 is 6.34. The summed E-state index contributed by atoms with van der Waals surface area (Å²) in [5.41, 5.74) is 7.33. The Hall–Kier alpha value is -0.970. The number of hydrogen-bond acceptors (Lipinski definition) is 4. The minimum absolute atomic E-state index is 0.259. The van der Waals surface area contributed by atoms with Gasteiger partial charge in [0.25, 0.3) is 0 Å². The van der Waals surface area contributed by atoms with Gasteiger partial charge in [-0.05, 0) is 36.6 Å². The average Bonchev–Trinajstić information content (AvgIpc) is 2.69. The molecule has 2 aliphatic heterocycles. The number of piperidine rings is 1. The van der Waals surface area contributed by atoms with Gasteiger partial charge in [-0.3, -0.25) is 4.90 Å². The molecule has 2 atom stereocenters. The summed E-state index contributed by atoms with van der Waals surface area (Å²) in [4.78, 5) is 2.39. The maximum absolute atomic E-state index is 6.34. The summed E-state index contributed by atoms with van der Waals surface area (Å²) in [6, 6.07) is 4.30. The molecule has 21 heavy (non-hydrogen) atoms. The molecule has 0 spiro atoms. The van der Waals surface area contributed by atoms with E-state index in [1.54, 1.807) is 0 Å². The molecule has 4 nitrogen and oxygen atoms in total. The van der Waals surface area contributed by atoms with Crippen molar-refractivity contribution < 1.29 is 9.47 Å². The lowest BCUT2D eigenvalue weighted by atomic mass is 9.94. The van der Waals surface area contributed by atoms with Gasteiger partial charge >= 0.3 is 0 Å². The van der Waals surface area contributed by atoms with Crippen molar-refractivity contribution in [1.29, 1.82) is 0 Å². The second kappa shape index (κ2) is 6.42. The average molecular weight is 311 g/mol. The molecule has 2 aliphatic rings. The third-order valence-corrected chi connectivity index (χ3v) is 4.65. The zero-order valence-electron chi connectivity index (χ0n) is 12.5. The van der Waals surface area contributed by atoms with Crippen molar-refractivity contribution >= 4 is 11.6 Å². The fourth-order valence-electron chi connectivity index (χ4n) is 2.95. The van der Waals surface area contributed by atoms with Crippen LogP contribution in [0.1, 0.15) is 25.3 Å². The van der Waals surface area contributed by atoms with Gasteiger partial charge in [-0.15, -0.1) is 0 Å². The first-order chi connectivity index (χ1) is 10.1. The van der Waals surface area contributed by atoms with Gasteiger partial charge in [0.15, 0.2) is 11.5 Å². The highest BCUT2D eigenvalue weighted by molar-refractivity contribution is 6.32. The van der Waals surface area contributed by atoms with E-state index in [1.165, 1.54) is 0 Å². The molecule has 0 radical (unpaired) electrons. The predicted octanol–water partition coefficient (Wildman–Crippen LogP) is 2.67. The van der Waals surface area contributed by atoms with Crippen molar-refractivity contribution in [3.63, 3.8) is 0 Å². The fraction of sp³-hybridized carbons (Fsp3) is 0.625. The van der Waals surface area contributed by atoms with Gasteiger partial charge in [-0.2, -0.15) is 0 Å². The Bertz CT molecular complexity index is 509. The summed E-state index contributed by atoms with van der Waals surface area (Å²) in [5, 5.41) is 0.638. The van der Waals surface area contributed by atoms with E-state index in [4.69, 9.17) is 26.8 Å². The first-order valence-corrected chi connectivity index (χ1v) is 8.07. The van der Waals surface area contributed by atoms with E-state index in [1.807, 2.05) is 6.07 Å². The molecule has 2 N–H and O–H groups in total. The maximum atomic E-state index is 6.34. The number of fused-ring (bicyclic) bond motifs is 1. The monoisotopic (exact) mass is 310 g/mol. The lowest BCUT2D eigenvalue weighted by molar-refractivity contribution is 0.162. The lowest BCUT2D eigenvalue weighted by Gasteiger charge is -2.35. The van der Waals surface area contributed by atoms with Crippen molar-refractivity contribution in [3.05, 3.63) is 22.7 Å². The normalized spacial score (nSPS) is 26.4. The van der Waals surface area contributed by atoms with Gasteiger partial charge in [0.05, 0.1) is 18.2 Å². The van der Waals surface area contributed by atoms with Crippen molar-refractivity contribution in [3.8, 4) is 11.5 Å². The number of ether oxygens (including phenoxy) is 2. The third-order valence-electron chi connectivity index (χ3n) is 4.37. The van der Waals surface area contributed by atoms with E-state index in [2.05, 4.69) is 17.9 Å². The zero-order valence-corrected chi connectivity index (χ0v) is 13.2. The second-order valence-electron chi connectivity index (χ2n) is 6.12. The molecule has 2 heterocycles. The summed E-state index contributed by atoms with van der Waals surface area (Å²) in [5.74, 6) is 2.06. The van der Waals surface area contributed by atoms with Gasteiger partial charge in [-0.1, -0.05) is 18.5 Å². The minimum atomic E-state index is 0.259. The molecular weight excluding hydrogens is 288 g/mol. The number of hydrogen-bond donors (Lipinski definition) is 1. The van der Waals surface area contributed by atoms with Crippen LogP contribution in [0.2, 0.25) is 5.02 Å². The number of nitrogens with two attached hydrogens (primary N) is 1. The van der Waals surface area contributed by atoms with Gasteiger partial charge in [0, 0.05) is 25.6 Å². The van der Waals surface area contributed by atoms with E-state index in [0.29, 0.717) is 29.9 Å². The minimum Gasteiger partial charge on any atom is -0.489 e. The first kappa shape index (κ1) is 14.9. The summed E-state index contributed by atoms with van der Waals surface area (Å²) in [6.45, 7) is 6.45. The predicted molar refractivity (Wildman–Crippen MR) is 84.1 cm³/mol. The van der Waals surface area contributed by atoms with Crippen molar-refractivity contribution in [2.75, 3.05) is 26.3 Å². The molecule has 1 fully saturated rings. The standard InChI is InChI=1S/C16H23ClN2O2/c1-11-3-4-19(10-14(11)18)9-12-7-13(17)16-15(8-12)20-5-2-6-21-16/h7-8,11,14H,2-6,9-10,18H2,1H3. The Morgan fingerprint density at radius 1 is 1.33 bits per heavy atom. The summed E-state index contributed by atoms with van der Waals surface area (Å²) in [6.07, 6.45) is 2.04. The molecule has 0 saturated carbocycles. The Labute approximate surface area is 131 Å². The molecule has 1 aromatic carbocycles. The highest BCUT2D eigenvalue weighted by Gasteiger charge is 2.24. The van der Waals surface area contributed by atoms with Crippen molar-refractivity contribution in [1.82, 2.24) is 4.90 Å². The maximum Gasteiger partial charge on any atom is 0.179 e. The van der Waals surface area contributed by atoms with Crippen LogP contribution in [-0.4, -0.2) is 37.2 Å². The molecular formula is C16H23ClN2O2. The highest BCUT2D eigenvalue weighted by Crippen LogP contribution is 2.38. The number of benzene rings is 1. The van der Waals surface area contributed by atoms with Crippen LogP contribution >= 0.6 is 11.6 Å². The Kier molecular flexibility index (Phi) is 4.57. The van der Waals surface area contributed by atoms with E-state index >= 15 is 0 Å².